The van der Waals surface area contributed by atoms with Gasteiger partial charge in [0.15, 0.2) is 0 Å². The van der Waals surface area contributed by atoms with E-state index in [0.29, 0.717) is 45.0 Å². The number of rotatable bonds is 6. The number of hydrogen-bond donors (Lipinski definition) is 1. The highest BCUT2D eigenvalue weighted by atomic mass is 32.2. The number of benzene rings is 1. The summed E-state index contributed by atoms with van der Waals surface area (Å²) in [5.74, 6) is -0.225. The van der Waals surface area contributed by atoms with Crippen molar-refractivity contribution in [1.29, 1.82) is 0 Å². The fraction of sp³-hybridized carbons (Fsp3) is 0.619. The molecule has 1 unspecified atom stereocenters. The van der Waals surface area contributed by atoms with E-state index >= 15 is 0 Å². The van der Waals surface area contributed by atoms with Crippen LogP contribution in [0.25, 0.3) is 0 Å². The van der Waals surface area contributed by atoms with Crippen LogP contribution < -0.4 is 4.72 Å². The highest BCUT2D eigenvalue weighted by Gasteiger charge is 2.31. The minimum absolute atomic E-state index is 0.0348. The number of aryl methyl sites for hydroxylation is 2. The normalized spacial score (nSPS) is 20.3. The van der Waals surface area contributed by atoms with Gasteiger partial charge in [-0.1, -0.05) is 17.7 Å². The zero-order valence-electron chi connectivity index (χ0n) is 17.7. The van der Waals surface area contributed by atoms with Crippen molar-refractivity contribution in [2.45, 2.75) is 38.0 Å². The van der Waals surface area contributed by atoms with Gasteiger partial charge in [-0.3, -0.25) is 9.59 Å². The molecule has 30 heavy (non-hydrogen) atoms. The third kappa shape index (κ3) is 5.59. The van der Waals surface area contributed by atoms with Gasteiger partial charge in [-0.05, 0) is 38.3 Å². The maximum atomic E-state index is 12.7. The lowest BCUT2D eigenvalue weighted by Gasteiger charge is -2.36. The van der Waals surface area contributed by atoms with Gasteiger partial charge in [0.25, 0.3) is 0 Å². The third-order valence-electron chi connectivity index (χ3n) is 5.70. The molecule has 1 aromatic rings. The molecule has 8 nitrogen and oxygen atoms in total. The fourth-order valence-corrected chi connectivity index (χ4v) is 5.33. The van der Waals surface area contributed by atoms with Gasteiger partial charge in [0.1, 0.15) is 0 Å². The second-order valence-corrected chi connectivity index (χ2v) is 9.77. The Morgan fingerprint density at radius 1 is 1.13 bits per heavy atom. The molecule has 9 heteroatoms. The molecular formula is C21H31N3O5S. The van der Waals surface area contributed by atoms with Crippen LogP contribution in [0.2, 0.25) is 0 Å². The predicted molar refractivity (Wildman–Crippen MR) is 112 cm³/mol. The standard InChI is InChI=1S/C21H31N3O5S/c1-16-5-6-19(17(2)14-16)30(27,28)22-8-7-20(25)24-9-3-4-18(15-24)21(26)23-10-12-29-13-11-23/h5-6,14,18,22H,3-4,7-13,15H2,1-2H3. The van der Waals surface area contributed by atoms with Crippen molar-refractivity contribution in [2.24, 2.45) is 5.92 Å². The van der Waals surface area contributed by atoms with Crippen LogP contribution >= 0.6 is 0 Å². The van der Waals surface area contributed by atoms with Gasteiger partial charge < -0.3 is 14.5 Å². The first-order valence-electron chi connectivity index (χ1n) is 10.5. The number of nitrogens with zero attached hydrogens (tertiary/aromatic N) is 2. The lowest BCUT2D eigenvalue weighted by Crippen LogP contribution is -2.49. The van der Waals surface area contributed by atoms with Gasteiger partial charge in [0.2, 0.25) is 21.8 Å². The minimum Gasteiger partial charge on any atom is -0.378 e. The molecule has 2 amide bonds. The van der Waals surface area contributed by atoms with E-state index in [1.54, 1.807) is 24.0 Å². The zero-order valence-corrected chi connectivity index (χ0v) is 18.5. The number of carbonyl (C=O) groups is 2. The van der Waals surface area contributed by atoms with Gasteiger partial charge in [-0.2, -0.15) is 0 Å². The summed E-state index contributed by atoms with van der Waals surface area (Å²) in [5.41, 5.74) is 1.67. The molecule has 0 spiro atoms. The maximum absolute atomic E-state index is 12.7. The number of amides is 2. The van der Waals surface area contributed by atoms with Gasteiger partial charge in [0.05, 0.1) is 24.0 Å². The maximum Gasteiger partial charge on any atom is 0.240 e. The summed E-state index contributed by atoms with van der Waals surface area (Å²) in [6.45, 7) is 7.02. The van der Waals surface area contributed by atoms with Gasteiger partial charge >= 0.3 is 0 Å². The lowest BCUT2D eigenvalue weighted by atomic mass is 9.96. The zero-order chi connectivity index (χ0) is 21.7. The molecule has 1 aromatic carbocycles. The van der Waals surface area contributed by atoms with Crippen molar-refractivity contribution in [2.75, 3.05) is 45.9 Å². The second kappa shape index (κ2) is 9.89. The Kier molecular flexibility index (Phi) is 7.49. The first-order valence-corrected chi connectivity index (χ1v) is 12.0. The van der Waals surface area contributed by atoms with Crippen LogP contribution in [0.4, 0.5) is 0 Å². The summed E-state index contributed by atoms with van der Waals surface area (Å²) in [6.07, 6.45) is 1.63. The van der Waals surface area contributed by atoms with E-state index in [1.807, 2.05) is 17.9 Å². The number of nitrogens with one attached hydrogen (secondary N) is 1. The van der Waals surface area contributed by atoms with E-state index in [0.717, 1.165) is 18.4 Å². The molecule has 1 atom stereocenters. The smallest absolute Gasteiger partial charge is 0.240 e. The van der Waals surface area contributed by atoms with Crippen LogP contribution in [0.1, 0.15) is 30.4 Å². The van der Waals surface area contributed by atoms with Crippen molar-refractivity contribution in [3.63, 3.8) is 0 Å². The Labute approximate surface area is 178 Å². The highest BCUT2D eigenvalue weighted by Crippen LogP contribution is 2.20. The summed E-state index contributed by atoms with van der Waals surface area (Å²) >= 11 is 0. The van der Waals surface area contributed by atoms with E-state index < -0.39 is 10.0 Å². The summed E-state index contributed by atoms with van der Waals surface area (Å²) in [6, 6.07) is 5.16. The Hall–Kier alpha value is -1.97. The molecule has 1 N–H and O–H groups in total. The molecule has 2 saturated heterocycles. The van der Waals surface area contributed by atoms with Gasteiger partial charge in [-0.25, -0.2) is 13.1 Å². The third-order valence-corrected chi connectivity index (χ3v) is 7.32. The van der Waals surface area contributed by atoms with Crippen LogP contribution in [0, 0.1) is 19.8 Å². The van der Waals surface area contributed by atoms with E-state index in [1.165, 1.54) is 0 Å². The molecular weight excluding hydrogens is 406 g/mol. The predicted octanol–water partition coefficient (Wildman–Crippen LogP) is 1.07. The van der Waals surface area contributed by atoms with Crippen LogP contribution in [-0.2, 0) is 24.3 Å². The monoisotopic (exact) mass is 437 g/mol. The molecule has 0 aromatic heterocycles. The number of ether oxygens (including phenoxy) is 1. The lowest BCUT2D eigenvalue weighted by molar-refractivity contribution is -0.143. The molecule has 0 radical (unpaired) electrons. The first-order chi connectivity index (χ1) is 14.3. The molecule has 2 aliphatic rings. The van der Waals surface area contributed by atoms with Crippen molar-refractivity contribution in [1.82, 2.24) is 14.5 Å². The van der Waals surface area contributed by atoms with E-state index in [9.17, 15) is 18.0 Å². The number of piperidine rings is 1. The number of sulfonamides is 1. The number of morpholine rings is 1. The van der Waals surface area contributed by atoms with Gasteiger partial charge in [-0.15, -0.1) is 0 Å². The molecule has 0 bridgehead atoms. The fourth-order valence-electron chi connectivity index (χ4n) is 4.08. The van der Waals surface area contributed by atoms with Crippen LogP contribution in [0.5, 0.6) is 0 Å². The largest absolute Gasteiger partial charge is 0.378 e. The molecule has 0 aliphatic carbocycles. The highest BCUT2D eigenvalue weighted by molar-refractivity contribution is 7.89. The van der Waals surface area contributed by atoms with E-state index in [-0.39, 0.29) is 35.6 Å². The van der Waals surface area contributed by atoms with Crippen molar-refractivity contribution in [3.8, 4) is 0 Å². The Morgan fingerprint density at radius 2 is 1.87 bits per heavy atom. The van der Waals surface area contributed by atoms with Crippen LogP contribution in [0.15, 0.2) is 23.1 Å². The molecule has 0 saturated carbocycles. The quantitative estimate of drug-likeness (QED) is 0.718. The second-order valence-electron chi connectivity index (χ2n) is 8.03. The van der Waals surface area contributed by atoms with Crippen LogP contribution in [0.3, 0.4) is 0 Å². The van der Waals surface area contributed by atoms with Crippen LogP contribution in [-0.4, -0.2) is 76.0 Å². The Morgan fingerprint density at radius 3 is 2.57 bits per heavy atom. The summed E-state index contributed by atoms with van der Waals surface area (Å²) in [4.78, 5) is 29.1. The number of likely N-dealkylation sites (tertiary alicyclic amines) is 1. The van der Waals surface area contributed by atoms with Gasteiger partial charge in [0, 0.05) is 39.1 Å². The average molecular weight is 438 g/mol. The van der Waals surface area contributed by atoms with E-state index in [2.05, 4.69) is 4.72 Å². The first kappa shape index (κ1) is 22.7. The number of carbonyl (C=O) groups excluding carboxylic acids is 2. The molecule has 2 heterocycles. The molecule has 2 fully saturated rings. The topological polar surface area (TPSA) is 96.0 Å². The summed E-state index contributed by atoms with van der Waals surface area (Å²) < 4.78 is 32.9. The van der Waals surface area contributed by atoms with E-state index in [4.69, 9.17) is 4.74 Å². The summed E-state index contributed by atoms with van der Waals surface area (Å²) in [5, 5.41) is 0. The molecule has 3 rings (SSSR count). The molecule has 2 aliphatic heterocycles. The van der Waals surface area contributed by atoms with Crippen molar-refractivity contribution < 1.29 is 22.7 Å². The van der Waals surface area contributed by atoms with Crippen molar-refractivity contribution in [3.05, 3.63) is 29.3 Å². The minimum atomic E-state index is -3.67. The SMILES string of the molecule is Cc1ccc(S(=O)(=O)NCCC(=O)N2CCCC(C(=O)N3CCOCC3)C2)c(C)c1. The molecule has 166 valence electrons. The Bertz CT molecular complexity index is 881. The number of hydrogen-bond acceptors (Lipinski definition) is 5. The average Bonchev–Trinajstić information content (AvgIpc) is 2.73. The van der Waals surface area contributed by atoms with Crippen molar-refractivity contribution >= 4 is 21.8 Å². The summed E-state index contributed by atoms with van der Waals surface area (Å²) in [7, 11) is -3.67. The Balaban J connectivity index is 1.51.